The molecule has 52 heavy (non-hydrogen) atoms. The van der Waals surface area contributed by atoms with Crippen molar-refractivity contribution in [3.63, 3.8) is 0 Å². The predicted octanol–water partition coefficient (Wildman–Crippen LogP) is 5.77. The molecule has 4 amide bonds. The second kappa shape index (κ2) is 16.2. The molecule has 274 valence electrons. The fourth-order valence-electron chi connectivity index (χ4n) is 7.43. The van der Waals surface area contributed by atoms with E-state index in [1.165, 1.54) is 0 Å². The molecule has 11 nitrogen and oxygen atoms in total. The molecule has 0 bridgehead atoms. The number of halogens is 2. The molecule has 3 saturated heterocycles. The third-order valence-electron chi connectivity index (χ3n) is 10.2. The molecule has 0 spiro atoms. The van der Waals surface area contributed by atoms with Crippen LogP contribution in [0.25, 0.3) is 0 Å². The molecule has 7 rings (SSSR count). The number of hydrogen-bond acceptors (Lipinski definition) is 7. The van der Waals surface area contributed by atoms with Crippen molar-refractivity contribution in [3.8, 4) is 5.75 Å². The van der Waals surface area contributed by atoms with Gasteiger partial charge in [0.2, 0.25) is 5.91 Å². The molecule has 4 aliphatic heterocycles. The standard InChI is InChI=1S/C39H44Cl2N6O5/c1-2-52-33-14-9-29(38(49)45-15-3-4-16-45)25-32(33)37-42-35(27-5-10-30(40)11-6-27)36(28-7-12-31(41)13-8-28)47(37)39(50)46-19-17-43(18-20-46)26-34(48)44-21-23-51-24-22-44/h5-14,25,35-36H,2-4,15-24,26H2,1H3/t35-,36+/m0/s1. The zero-order chi connectivity index (χ0) is 36.2. The summed E-state index contributed by atoms with van der Waals surface area (Å²) < 4.78 is 11.6. The summed E-state index contributed by atoms with van der Waals surface area (Å²) in [4.78, 5) is 56.5. The number of ether oxygens (including phenoxy) is 2. The summed E-state index contributed by atoms with van der Waals surface area (Å²) in [5, 5.41) is 1.18. The zero-order valence-corrected chi connectivity index (χ0v) is 30.9. The number of carbonyl (C=O) groups is 3. The van der Waals surface area contributed by atoms with E-state index in [2.05, 4.69) is 4.90 Å². The minimum atomic E-state index is -0.547. The number of hydrogen-bond donors (Lipinski definition) is 0. The maximum absolute atomic E-state index is 15.0. The van der Waals surface area contributed by atoms with Gasteiger partial charge in [-0.25, -0.2) is 4.79 Å². The minimum Gasteiger partial charge on any atom is -0.493 e. The first-order chi connectivity index (χ1) is 25.3. The van der Waals surface area contributed by atoms with Gasteiger partial charge in [-0.05, 0) is 73.4 Å². The highest BCUT2D eigenvalue weighted by Gasteiger charge is 2.45. The molecule has 4 aliphatic rings. The van der Waals surface area contributed by atoms with E-state index in [-0.39, 0.29) is 17.8 Å². The van der Waals surface area contributed by atoms with Gasteiger partial charge in [0.1, 0.15) is 17.6 Å². The van der Waals surface area contributed by atoms with E-state index in [0.29, 0.717) is 111 Å². The quantitative estimate of drug-likeness (QED) is 0.291. The van der Waals surface area contributed by atoms with Gasteiger partial charge in [-0.15, -0.1) is 0 Å². The molecule has 0 saturated carbocycles. The Morgan fingerprint density at radius 3 is 2.04 bits per heavy atom. The molecular formula is C39H44Cl2N6O5. The Labute approximate surface area is 314 Å². The van der Waals surface area contributed by atoms with Crippen molar-refractivity contribution in [2.24, 2.45) is 4.99 Å². The lowest BCUT2D eigenvalue weighted by atomic mass is 9.93. The summed E-state index contributed by atoms with van der Waals surface area (Å²) in [5.41, 5.74) is 2.83. The molecule has 0 aromatic heterocycles. The van der Waals surface area contributed by atoms with E-state index in [0.717, 1.165) is 24.0 Å². The second-order valence-electron chi connectivity index (χ2n) is 13.5. The third kappa shape index (κ3) is 7.78. The zero-order valence-electron chi connectivity index (χ0n) is 29.4. The Balaban J connectivity index is 1.26. The monoisotopic (exact) mass is 746 g/mol. The van der Waals surface area contributed by atoms with Gasteiger partial charge >= 0.3 is 6.03 Å². The van der Waals surface area contributed by atoms with Gasteiger partial charge in [-0.2, -0.15) is 0 Å². The molecule has 0 aliphatic carbocycles. The van der Waals surface area contributed by atoms with E-state index >= 15 is 4.79 Å². The first-order valence-corrected chi connectivity index (χ1v) is 18.9. The van der Waals surface area contributed by atoms with Crippen LogP contribution in [0.2, 0.25) is 10.0 Å². The van der Waals surface area contributed by atoms with Crippen molar-refractivity contribution >= 4 is 46.9 Å². The van der Waals surface area contributed by atoms with Gasteiger partial charge in [0.25, 0.3) is 5.91 Å². The smallest absolute Gasteiger partial charge is 0.326 e. The van der Waals surface area contributed by atoms with Crippen molar-refractivity contribution < 1.29 is 23.9 Å². The molecule has 13 heteroatoms. The number of benzene rings is 3. The molecule has 3 fully saturated rings. The number of aliphatic imine (C=N–C) groups is 1. The first kappa shape index (κ1) is 36.2. The minimum absolute atomic E-state index is 0.0514. The highest BCUT2D eigenvalue weighted by Crippen LogP contribution is 2.45. The van der Waals surface area contributed by atoms with Crippen LogP contribution in [0.5, 0.6) is 5.75 Å². The molecule has 3 aromatic carbocycles. The molecule has 0 unspecified atom stereocenters. The number of amidine groups is 1. The van der Waals surface area contributed by atoms with Gasteiger partial charge in [0, 0.05) is 68.0 Å². The number of amides is 4. The van der Waals surface area contributed by atoms with Gasteiger partial charge in [-0.3, -0.25) is 24.4 Å². The van der Waals surface area contributed by atoms with Crippen molar-refractivity contribution in [3.05, 3.63) is 99.0 Å². The van der Waals surface area contributed by atoms with Crippen molar-refractivity contribution in [1.29, 1.82) is 0 Å². The topological polar surface area (TPSA) is 98.2 Å². The highest BCUT2D eigenvalue weighted by molar-refractivity contribution is 6.30. The van der Waals surface area contributed by atoms with Crippen LogP contribution >= 0.6 is 23.2 Å². The average Bonchev–Trinajstić information content (AvgIpc) is 3.86. The summed E-state index contributed by atoms with van der Waals surface area (Å²) >= 11 is 12.7. The summed E-state index contributed by atoms with van der Waals surface area (Å²) in [6.07, 6.45) is 1.95. The number of likely N-dealkylation sites (tertiary alicyclic amines) is 1. The number of carbonyl (C=O) groups excluding carboxylic acids is 3. The van der Waals surface area contributed by atoms with Crippen LogP contribution < -0.4 is 4.74 Å². The fraction of sp³-hybridized carbons (Fsp3) is 0.436. The summed E-state index contributed by atoms with van der Waals surface area (Å²) in [6, 6.07) is 19.2. The van der Waals surface area contributed by atoms with Crippen LogP contribution in [0.4, 0.5) is 4.79 Å². The number of urea groups is 1. The summed E-state index contributed by atoms with van der Waals surface area (Å²) in [6.45, 7) is 8.32. The largest absolute Gasteiger partial charge is 0.493 e. The van der Waals surface area contributed by atoms with Crippen molar-refractivity contribution in [2.75, 3.05) is 78.7 Å². The van der Waals surface area contributed by atoms with Crippen LogP contribution in [0.1, 0.15) is 58.9 Å². The predicted molar refractivity (Wildman–Crippen MR) is 200 cm³/mol. The van der Waals surface area contributed by atoms with Gasteiger partial charge in [0.15, 0.2) is 0 Å². The van der Waals surface area contributed by atoms with Crippen molar-refractivity contribution in [1.82, 2.24) is 24.5 Å². The van der Waals surface area contributed by atoms with Gasteiger partial charge < -0.3 is 24.2 Å². The van der Waals surface area contributed by atoms with Crippen LogP contribution in [0, 0.1) is 0 Å². The van der Waals surface area contributed by atoms with E-state index < -0.39 is 12.1 Å². The van der Waals surface area contributed by atoms with Gasteiger partial charge in [-0.1, -0.05) is 47.5 Å². The molecule has 0 radical (unpaired) electrons. The van der Waals surface area contributed by atoms with Crippen LogP contribution in [-0.2, 0) is 9.53 Å². The Hall–Kier alpha value is -4.16. The van der Waals surface area contributed by atoms with E-state index in [4.69, 9.17) is 37.7 Å². The van der Waals surface area contributed by atoms with Gasteiger partial charge in [0.05, 0.1) is 38.0 Å². The fourth-order valence-corrected chi connectivity index (χ4v) is 7.68. The van der Waals surface area contributed by atoms with Crippen LogP contribution in [0.15, 0.2) is 71.7 Å². The maximum atomic E-state index is 15.0. The van der Waals surface area contributed by atoms with Crippen LogP contribution in [-0.4, -0.2) is 127 Å². The molecule has 3 aromatic rings. The molecule has 4 heterocycles. The second-order valence-corrected chi connectivity index (χ2v) is 14.4. The number of nitrogens with zero attached hydrogens (tertiary/aromatic N) is 6. The number of morpholine rings is 1. The Morgan fingerprint density at radius 1 is 0.769 bits per heavy atom. The van der Waals surface area contributed by atoms with Crippen LogP contribution in [0.3, 0.4) is 0 Å². The Kier molecular flexibility index (Phi) is 11.3. The lowest BCUT2D eigenvalue weighted by molar-refractivity contribution is -0.136. The first-order valence-electron chi connectivity index (χ1n) is 18.1. The summed E-state index contributed by atoms with van der Waals surface area (Å²) in [5.74, 6) is 0.992. The number of piperazine rings is 1. The normalized spacial score (nSPS) is 21.0. The number of rotatable bonds is 8. The highest BCUT2D eigenvalue weighted by atomic mass is 35.5. The van der Waals surface area contributed by atoms with E-state index in [1.807, 2.05) is 82.3 Å². The average molecular weight is 748 g/mol. The van der Waals surface area contributed by atoms with E-state index in [9.17, 15) is 9.59 Å². The maximum Gasteiger partial charge on any atom is 0.326 e. The molecule has 0 N–H and O–H groups in total. The lowest BCUT2D eigenvalue weighted by Crippen LogP contribution is -2.56. The Morgan fingerprint density at radius 2 is 1.40 bits per heavy atom. The van der Waals surface area contributed by atoms with Crippen molar-refractivity contribution in [2.45, 2.75) is 31.8 Å². The van der Waals surface area contributed by atoms with E-state index in [1.54, 1.807) is 11.0 Å². The lowest BCUT2D eigenvalue weighted by Gasteiger charge is -2.39. The molecular weight excluding hydrogens is 703 g/mol. The Bertz CT molecular complexity index is 1790. The molecule has 2 atom stereocenters. The third-order valence-corrected chi connectivity index (χ3v) is 10.7. The SMILES string of the molecule is CCOc1ccc(C(=O)N2CCCC2)cc1C1=N[C@@H](c2ccc(Cl)cc2)[C@@H](c2ccc(Cl)cc2)N1C(=O)N1CCN(CC(=O)N2CCOCC2)CC1. The summed E-state index contributed by atoms with van der Waals surface area (Å²) in [7, 11) is 0.